The second-order valence-corrected chi connectivity index (χ2v) is 13.0. The van der Waals surface area contributed by atoms with Crippen LogP contribution in [0.5, 0.6) is 0 Å². The summed E-state index contributed by atoms with van der Waals surface area (Å²) in [4.78, 5) is 8.85. The van der Waals surface area contributed by atoms with Crippen LogP contribution in [-0.2, 0) is 6.16 Å². The number of halogens is 1. The van der Waals surface area contributed by atoms with Crippen molar-refractivity contribution in [3.63, 3.8) is 0 Å². The molecule has 0 spiro atoms. The minimum absolute atomic E-state index is 0.610. The molecule has 0 saturated carbocycles. The summed E-state index contributed by atoms with van der Waals surface area (Å²) in [6.45, 7) is 0. The summed E-state index contributed by atoms with van der Waals surface area (Å²) in [5, 5.41) is 3.40. The third kappa shape index (κ3) is 3.06. The van der Waals surface area contributed by atoms with E-state index in [2.05, 4.69) is 82.8 Å². The Bertz CT molecular complexity index is 910. The number of nitrogens with zero attached hydrogens (tertiary/aromatic N) is 2. The monoisotopic (exact) mass is 390 g/mol. The van der Waals surface area contributed by atoms with E-state index >= 15 is 0 Å². The van der Waals surface area contributed by atoms with E-state index in [0.29, 0.717) is 6.16 Å². The molecule has 0 fully saturated rings. The van der Waals surface area contributed by atoms with Crippen molar-refractivity contribution < 1.29 is 0 Å². The van der Waals surface area contributed by atoms with Crippen LogP contribution in [0.1, 0.15) is 5.69 Å². The summed E-state index contributed by atoms with van der Waals surface area (Å²) in [7, 11) is 0. The van der Waals surface area contributed by atoms with Gasteiger partial charge in [0.15, 0.2) is 0 Å². The molecular weight excluding hydrogens is 371 g/mol. The van der Waals surface area contributed by atoms with E-state index in [9.17, 15) is 0 Å². The van der Waals surface area contributed by atoms with Crippen molar-refractivity contribution in [3.05, 3.63) is 115 Å². The molecule has 4 heteroatoms. The first kappa shape index (κ1) is 17.9. The maximum absolute atomic E-state index is 7.97. The Balaban J connectivity index is 2.09. The Morgan fingerprint density at radius 2 is 1.07 bits per heavy atom. The SMILES string of the molecule is ClP(Cc1cnccn1)(c1ccccc1)(c1ccccc1)c1ccccc1. The molecule has 0 aliphatic carbocycles. The molecule has 4 aromatic rings. The van der Waals surface area contributed by atoms with Crippen LogP contribution in [0.15, 0.2) is 110 Å². The maximum atomic E-state index is 7.97. The summed E-state index contributed by atoms with van der Waals surface area (Å²) < 4.78 is 0. The van der Waals surface area contributed by atoms with Gasteiger partial charge in [0, 0.05) is 0 Å². The Labute approximate surface area is 164 Å². The zero-order valence-corrected chi connectivity index (χ0v) is 16.5. The molecule has 3 aromatic carbocycles. The standard InChI is InChI=1S/C23H20ClN2P/c24-27(21-10-4-1-5-11-21,22-12-6-2-7-13-22,23-14-8-3-9-15-23)19-20-18-25-16-17-26-20/h1-18H,19H2. The fourth-order valence-electron chi connectivity index (χ4n) is 3.65. The van der Waals surface area contributed by atoms with Gasteiger partial charge in [-0.1, -0.05) is 0 Å². The third-order valence-electron chi connectivity index (χ3n) is 4.96. The molecule has 0 bridgehead atoms. The Kier molecular flexibility index (Phi) is 4.78. The van der Waals surface area contributed by atoms with Crippen molar-refractivity contribution in [2.24, 2.45) is 0 Å². The van der Waals surface area contributed by atoms with Crippen molar-refractivity contribution in [2.45, 2.75) is 6.16 Å². The molecule has 0 radical (unpaired) electrons. The van der Waals surface area contributed by atoms with Gasteiger partial charge in [0.2, 0.25) is 0 Å². The predicted octanol–water partition coefficient (Wildman–Crippen LogP) is 4.66. The summed E-state index contributed by atoms with van der Waals surface area (Å²) in [6, 6.07) is 31.3. The summed E-state index contributed by atoms with van der Waals surface area (Å²) in [6.07, 6.45) is 5.85. The predicted molar refractivity (Wildman–Crippen MR) is 117 cm³/mol. The van der Waals surface area contributed by atoms with E-state index in [4.69, 9.17) is 11.2 Å². The Hall–Kier alpha value is -2.54. The zero-order valence-electron chi connectivity index (χ0n) is 14.8. The molecule has 134 valence electrons. The number of benzene rings is 3. The zero-order chi connectivity index (χ0) is 18.6. The fraction of sp³-hybridized carbons (Fsp3) is 0.0435. The van der Waals surface area contributed by atoms with Gasteiger partial charge in [0.05, 0.1) is 0 Å². The Morgan fingerprint density at radius 1 is 0.630 bits per heavy atom. The van der Waals surface area contributed by atoms with Gasteiger partial charge >= 0.3 is 165 Å². The minimum atomic E-state index is -3.31. The molecule has 2 nitrogen and oxygen atoms in total. The van der Waals surface area contributed by atoms with Crippen molar-refractivity contribution in [2.75, 3.05) is 0 Å². The van der Waals surface area contributed by atoms with E-state index in [1.807, 2.05) is 24.4 Å². The first-order chi connectivity index (χ1) is 13.2. The van der Waals surface area contributed by atoms with Crippen molar-refractivity contribution in [3.8, 4) is 0 Å². The molecular formula is C23H20ClN2P. The molecule has 0 saturated heterocycles. The van der Waals surface area contributed by atoms with Crippen molar-refractivity contribution in [1.82, 2.24) is 9.97 Å². The van der Waals surface area contributed by atoms with Gasteiger partial charge < -0.3 is 0 Å². The van der Waals surface area contributed by atoms with Crippen LogP contribution in [0, 0.1) is 0 Å². The average molecular weight is 391 g/mol. The molecule has 0 amide bonds. The second kappa shape index (κ2) is 7.23. The van der Waals surface area contributed by atoms with E-state index < -0.39 is 5.96 Å². The molecule has 27 heavy (non-hydrogen) atoms. The van der Waals surface area contributed by atoms with Crippen LogP contribution < -0.4 is 15.9 Å². The Morgan fingerprint density at radius 3 is 1.44 bits per heavy atom. The van der Waals surface area contributed by atoms with Crippen LogP contribution in [-0.4, -0.2) is 9.97 Å². The van der Waals surface area contributed by atoms with Crippen LogP contribution in [0.3, 0.4) is 0 Å². The first-order valence-corrected chi connectivity index (χ1v) is 12.2. The third-order valence-corrected chi connectivity index (χ3v) is 12.1. The molecule has 0 atom stereocenters. The molecule has 0 aliphatic rings. The second-order valence-electron chi connectivity index (χ2n) is 6.54. The van der Waals surface area contributed by atoms with E-state index in [0.717, 1.165) is 21.6 Å². The fourth-order valence-corrected chi connectivity index (χ4v) is 9.63. The molecule has 4 rings (SSSR count). The quantitative estimate of drug-likeness (QED) is 0.463. The number of hydrogen-bond acceptors (Lipinski definition) is 2. The molecule has 0 N–H and O–H groups in total. The number of rotatable bonds is 5. The molecule has 0 aliphatic heterocycles. The van der Waals surface area contributed by atoms with Crippen LogP contribution in [0.25, 0.3) is 0 Å². The van der Waals surface area contributed by atoms with E-state index in [-0.39, 0.29) is 0 Å². The van der Waals surface area contributed by atoms with Gasteiger partial charge in [-0.15, -0.1) is 0 Å². The summed E-state index contributed by atoms with van der Waals surface area (Å²) in [5.41, 5.74) is 0.890. The van der Waals surface area contributed by atoms with Gasteiger partial charge in [-0.25, -0.2) is 0 Å². The number of hydrogen-bond donors (Lipinski definition) is 0. The summed E-state index contributed by atoms with van der Waals surface area (Å²) in [5.74, 6) is -3.31. The molecule has 0 unspecified atom stereocenters. The first-order valence-electron chi connectivity index (χ1n) is 8.86. The number of aromatic nitrogens is 2. The molecule has 1 heterocycles. The average Bonchev–Trinajstić information content (AvgIpc) is 2.76. The van der Waals surface area contributed by atoms with Crippen LogP contribution >= 0.6 is 17.2 Å². The van der Waals surface area contributed by atoms with Gasteiger partial charge in [-0.05, 0) is 0 Å². The van der Waals surface area contributed by atoms with Crippen LogP contribution in [0.4, 0.5) is 0 Å². The van der Waals surface area contributed by atoms with E-state index in [1.165, 1.54) is 0 Å². The van der Waals surface area contributed by atoms with Gasteiger partial charge in [0.25, 0.3) is 0 Å². The van der Waals surface area contributed by atoms with Crippen molar-refractivity contribution in [1.29, 1.82) is 0 Å². The van der Waals surface area contributed by atoms with Gasteiger partial charge in [-0.3, -0.25) is 0 Å². The van der Waals surface area contributed by atoms with Gasteiger partial charge in [0.1, 0.15) is 0 Å². The van der Waals surface area contributed by atoms with Crippen LogP contribution in [0.2, 0.25) is 0 Å². The van der Waals surface area contributed by atoms with E-state index in [1.54, 1.807) is 12.4 Å². The molecule has 1 aromatic heterocycles. The summed E-state index contributed by atoms with van der Waals surface area (Å²) >= 11 is 7.97. The van der Waals surface area contributed by atoms with Gasteiger partial charge in [-0.2, -0.15) is 0 Å². The van der Waals surface area contributed by atoms with Crippen molar-refractivity contribution >= 4 is 33.1 Å². The topological polar surface area (TPSA) is 25.8 Å². The normalized spacial score (nSPS) is 12.9.